The number of piperidine rings is 1. The van der Waals surface area contributed by atoms with Gasteiger partial charge in [0.15, 0.2) is 0 Å². The van der Waals surface area contributed by atoms with Crippen molar-refractivity contribution in [2.24, 2.45) is 5.92 Å². The molecule has 0 bridgehead atoms. The molecular weight excluding hydrogens is 461 g/mol. The summed E-state index contributed by atoms with van der Waals surface area (Å²) >= 11 is 0. The molecule has 0 amide bonds. The van der Waals surface area contributed by atoms with Gasteiger partial charge in [-0.05, 0) is 55.3 Å². The molecule has 0 saturated carbocycles. The highest BCUT2D eigenvalue weighted by Gasteiger charge is 2.35. The van der Waals surface area contributed by atoms with Crippen LogP contribution in [0.3, 0.4) is 0 Å². The van der Waals surface area contributed by atoms with Crippen molar-refractivity contribution in [2.45, 2.75) is 23.9 Å². The largest absolute Gasteiger partial charge is 0.490 e. The molecule has 0 N–H and O–H groups in total. The third-order valence-electron chi connectivity index (χ3n) is 5.17. The number of hydrogen-bond donors (Lipinski definition) is 0. The smallest absolute Gasteiger partial charge is 0.416 e. The maximum Gasteiger partial charge on any atom is 0.416 e. The lowest BCUT2D eigenvalue weighted by atomic mass is 9.98. The van der Waals surface area contributed by atoms with Crippen LogP contribution in [0, 0.1) is 17.2 Å². The molecule has 0 aliphatic carbocycles. The van der Waals surface area contributed by atoms with Crippen molar-refractivity contribution in [1.29, 1.82) is 5.26 Å². The van der Waals surface area contributed by atoms with Gasteiger partial charge in [0.1, 0.15) is 19.0 Å². The fraction of sp³-hybridized carbons (Fsp3) is 0.364. The van der Waals surface area contributed by atoms with Crippen LogP contribution in [-0.2, 0) is 25.7 Å². The Morgan fingerprint density at radius 1 is 1.09 bits per heavy atom. The highest BCUT2D eigenvalue weighted by Crippen LogP contribution is 2.32. The molecule has 1 heterocycles. The quantitative estimate of drug-likeness (QED) is 0.442. The fourth-order valence-corrected chi connectivity index (χ4v) is 4.88. The van der Waals surface area contributed by atoms with Gasteiger partial charge in [-0.2, -0.15) is 22.7 Å². The molecule has 7 nitrogen and oxygen atoms in total. The second-order valence-electron chi connectivity index (χ2n) is 7.36. The first kappa shape index (κ1) is 24.5. The zero-order valence-corrected chi connectivity index (χ0v) is 18.2. The average molecular weight is 482 g/mol. The van der Waals surface area contributed by atoms with Crippen LogP contribution in [-0.4, -0.2) is 45.0 Å². The first-order chi connectivity index (χ1) is 15.6. The summed E-state index contributed by atoms with van der Waals surface area (Å²) < 4.78 is 75.9. The van der Waals surface area contributed by atoms with Crippen molar-refractivity contribution in [1.82, 2.24) is 4.31 Å². The van der Waals surface area contributed by atoms with Crippen molar-refractivity contribution >= 4 is 16.0 Å². The molecule has 1 aliphatic rings. The summed E-state index contributed by atoms with van der Waals surface area (Å²) in [6, 6.07) is 12.0. The van der Waals surface area contributed by atoms with Gasteiger partial charge >= 0.3 is 12.1 Å². The van der Waals surface area contributed by atoms with Gasteiger partial charge in [0.25, 0.3) is 0 Å². The lowest BCUT2D eigenvalue weighted by Gasteiger charge is -2.30. The third kappa shape index (κ3) is 6.24. The van der Waals surface area contributed by atoms with Gasteiger partial charge in [-0.3, -0.25) is 4.79 Å². The van der Waals surface area contributed by atoms with E-state index in [0.717, 1.165) is 22.5 Å². The Morgan fingerprint density at radius 2 is 1.76 bits per heavy atom. The van der Waals surface area contributed by atoms with Crippen molar-refractivity contribution in [3.8, 4) is 11.8 Å². The number of alkyl halides is 3. The third-order valence-corrected chi connectivity index (χ3v) is 7.06. The molecule has 33 heavy (non-hydrogen) atoms. The van der Waals surface area contributed by atoms with Crippen LogP contribution in [0.5, 0.6) is 5.75 Å². The van der Waals surface area contributed by atoms with Crippen LogP contribution in [0.4, 0.5) is 13.2 Å². The van der Waals surface area contributed by atoms with E-state index in [9.17, 15) is 26.4 Å². The molecule has 0 radical (unpaired) electrons. The van der Waals surface area contributed by atoms with Crippen LogP contribution in [0.25, 0.3) is 0 Å². The molecule has 2 aromatic rings. The van der Waals surface area contributed by atoms with Crippen LogP contribution in [0.2, 0.25) is 0 Å². The lowest BCUT2D eigenvalue weighted by Crippen LogP contribution is -2.40. The minimum absolute atomic E-state index is 0.0000861. The Kier molecular flexibility index (Phi) is 7.61. The summed E-state index contributed by atoms with van der Waals surface area (Å²) in [5, 5.41) is 8.76. The number of rotatable bonds is 7. The molecule has 0 unspecified atom stereocenters. The minimum Gasteiger partial charge on any atom is -0.490 e. The van der Waals surface area contributed by atoms with E-state index in [-0.39, 0.29) is 39.1 Å². The van der Waals surface area contributed by atoms with Crippen molar-refractivity contribution in [2.75, 3.05) is 26.3 Å². The lowest BCUT2D eigenvalue weighted by molar-refractivity contribution is -0.150. The van der Waals surface area contributed by atoms with Crippen LogP contribution in [0.1, 0.15) is 24.0 Å². The van der Waals surface area contributed by atoms with Crippen molar-refractivity contribution in [3.63, 3.8) is 0 Å². The van der Waals surface area contributed by atoms with Crippen molar-refractivity contribution < 1.29 is 35.9 Å². The topological polar surface area (TPSA) is 96.7 Å². The minimum atomic E-state index is -4.65. The van der Waals surface area contributed by atoms with E-state index in [2.05, 4.69) is 0 Å². The molecular formula is C22H21F3N2O5S. The maximum atomic E-state index is 12.9. The standard InChI is InChI=1S/C22H21F3N2O5S/c23-22(24,25)18-2-1-3-20(14-18)33(29,30)27-10-8-17(9-11-27)21(28)32-13-12-31-19-6-4-16(15-26)5-7-19/h1-7,14,17H,8-13H2. The molecule has 3 rings (SSSR count). The van der Waals surface area contributed by atoms with Crippen molar-refractivity contribution in [3.05, 3.63) is 59.7 Å². The summed E-state index contributed by atoms with van der Waals surface area (Å²) in [5.41, 5.74) is -0.541. The number of hydrogen-bond acceptors (Lipinski definition) is 6. The van der Waals surface area contributed by atoms with E-state index in [1.54, 1.807) is 24.3 Å². The van der Waals surface area contributed by atoms with E-state index < -0.39 is 38.5 Å². The predicted molar refractivity (Wildman–Crippen MR) is 111 cm³/mol. The number of halogens is 3. The first-order valence-corrected chi connectivity index (χ1v) is 11.5. The van der Waals surface area contributed by atoms with E-state index in [1.807, 2.05) is 6.07 Å². The molecule has 2 aromatic carbocycles. The zero-order chi connectivity index (χ0) is 24.1. The highest BCUT2D eigenvalue weighted by atomic mass is 32.2. The van der Waals surface area contributed by atoms with Gasteiger partial charge in [0.05, 0.1) is 28.0 Å². The highest BCUT2D eigenvalue weighted by molar-refractivity contribution is 7.89. The van der Waals surface area contributed by atoms with Gasteiger partial charge in [-0.25, -0.2) is 8.42 Å². The number of nitrogens with zero attached hydrogens (tertiary/aromatic N) is 2. The molecule has 0 aromatic heterocycles. The van der Waals surface area contributed by atoms with Gasteiger partial charge in [0, 0.05) is 13.1 Å². The molecule has 1 saturated heterocycles. The molecule has 11 heteroatoms. The summed E-state index contributed by atoms with van der Waals surface area (Å²) in [6.45, 7) is 0.113. The van der Waals surface area contributed by atoms with Gasteiger partial charge in [-0.15, -0.1) is 0 Å². The SMILES string of the molecule is N#Cc1ccc(OCCOC(=O)C2CCN(S(=O)(=O)c3cccc(C(F)(F)F)c3)CC2)cc1. The Labute approximate surface area is 189 Å². The molecule has 176 valence electrons. The Bertz CT molecular complexity index is 1120. The van der Waals surface area contributed by atoms with E-state index in [4.69, 9.17) is 14.7 Å². The monoisotopic (exact) mass is 482 g/mol. The second-order valence-corrected chi connectivity index (χ2v) is 9.29. The van der Waals surface area contributed by atoms with E-state index in [1.165, 1.54) is 0 Å². The molecule has 0 atom stereocenters. The summed E-state index contributed by atoms with van der Waals surface area (Å²) in [6.07, 6.45) is -4.24. The Morgan fingerprint density at radius 3 is 2.36 bits per heavy atom. The van der Waals surface area contributed by atoms with Gasteiger partial charge in [-0.1, -0.05) is 6.07 Å². The average Bonchev–Trinajstić information content (AvgIpc) is 2.81. The van der Waals surface area contributed by atoms with Gasteiger partial charge < -0.3 is 9.47 Å². The summed E-state index contributed by atoms with van der Waals surface area (Å²) in [4.78, 5) is 11.8. The number of carbonyl (C=O) groups excluding carboxylic acids is 1. The summed E-state index contributed by atoms with van der Waals surface area (Å²) in [7, 11) is -4.11. The Hall–Kier alpha value is -3.10. The first-order valence-electron chi connectivity index (χ1n) is 10.1. The Balaban J connectivity index is 1.47. The predicted octanol–water partition coefficient (Wildman–Crippen LogP) is 3.60. The second kappa shape index (κ2) is 10.2. The molecule has 1 aliphatic heterocycles. The van der Waals surface area contributed by atoms with Crippen LogP contribution in [0.15, 0.2) is 53.4 Å². The number of carbonyl (C=O) groups is 1. The van der Waals surface area contributed by atoms with E-state index in [0.29, 0.717) is 17.4 Å². The van der Waals surface area contributed by atoms with E-state index >= 15 is 0 Å². The molecule has 0 spiro atoms. The van der Waals surface area contributed by atoms with Crippen LogP contribution < -0.4 is 4.74 Å². The summed E-state index contributed by atoms with van der Waals surface area (Å²) in [5.74, 6) is -0.458. The number of esters is 1. The van der Waals surface area contributed by atoms with Crippen LogP contribution >= 0.6 is 0 Å². The number of sulfonamides is 1. The maximum absolute atomic E-state index is 12.9. The number of ether oxygens (including phenoxy) is 2. The number of nitriles is 1. The fourth-order valence-electron chi connectivity index (χ4n) is 3.36. The number of benzene rings is 2. The molecule has 1 fully saturated rings. The zero-order valence-electron chi connectivity index (χ0n) is 17.4. The van der Waals surface area contributed by atoms with Gasteiger partial charge in [0.2, 0.25) is 10.0 Å². The normalized spacial score (nSPS) is 15.6.